The fourth-order valence-electron chi connectivity index (χ4n) is 1.29. The van der Waals surface area contributed by atoms with Crippen LogP contribution in [0, 0.1) is 0 Å². The average molecular weight is 203 g/mol. The zero-order valence-corrected chi connectivity index (χ0v) is 8.33. The van der Waals surface area contributed by atoms with Gasteiger partial charge >= 0.3 is 0 Å². The minimum Gasteiger partial charge on any atom is -0.297 e. The van der Waals surface area contributed by atoms with Crippen molar-refractivity contribution in [3.05, 3.63) is 52.0 Å². The number of carbonyl (C=O) groups is 1. The van der Waals surface area contributed by atoms with Crippen LogP contribution in [-0.4, -0.2) is 11.3 Å². The maximum absolute atomic E-state index is 10.5. The van der Waals surface area contributed by atoms with Crippen molar-refractivity contribution in [2.75, 3.05) is 0 Å². The van der Waals surface area contributed by atoms with Gasteiger partial charge in [0, 0.05) is 12.4 Å². The van der Waals surface area contributed by atoms with Gasteiger partial charge < -0.3 is 0 Å². The zero-order valence-electron chi connectivity index (χ0n) is 7.51. The van der Waals surface area contributed by atoms with E-state index in [1.165, 1.54) is 22.5 Å². The second-order valence-electron chi connectivity index (χ2n) is 3.01. The summed E-state index contributed by atoms with van der Waals surface area (Å²) in [5.41, 5.74) is 2.34. The van der Waals surface area contributed by atoms with Crippen molar-refractivity contribution in [1.82, 2.24) is 4.98 Å². The molecule has 0 saturated heterocycles. The predicted molar refractivity (Wildman–Crippen MR) is 56.7 cm³/mol. The van der Waals surface area contributed by atoms with Crippen molar-refractivity contribution in [1.29, 1.82) is 0 Å². The second kappa shape index (κ2) is 4.15. The lowest BCUT2D eigenvalue weighted by molar-refractivity contribution is 0.112. The molecule has 0 aliphatic heterocycles. The maximum atomic E-state index is 10.5. The molecular formula is C11H9NOS. The number of thiophene rings is 1. The first kappa shape index (κ1) is 9.09. The van der Waals surface area contributed by atoms with E-state index < -0.39 is 0 Å². The van der Waals surface area contributed by atoms with Crippen LogP contribution in [0.5, 0.6) is 0 Å². The molecule has 0 aliphatic carbocycles. The molecule has 0 radical (unpaired) electrons. The van der Waals surface area contributed by atoms with Gasteiger partial charge in [0.05, 0.1) is 4.88 Å². The molecule has 0 aromatic carbocycles. The molecule has 0 fully saturated rings. The molecule has 0 atom stereocenters. The van der Waals surface area contributed by atoms with Gasteiger partial charge in [-0.1, -0.05) is 6.07 Å². The first-order valence-electron chi connectivity index (χ1n) is 4.30. The summed E-state index contributed by atoms with van der Waals surface area (Å²) < 4.78 is 0. The first-order valence-corrected chi connectivity index (χ1v) is 5.18. The number of rotatable bonds is 3. The van der Waals surface area contributed by atoms with Crippen LogP contribution in [-0.2, 0) is 6.42 Å². The Morgan fingerprint density at radius 3 is 3.00 bits per heavy atom. The third-order valence-electron chi connectivity index (χ3n) is 1.92. The van der Waals surface area contributed by atoms with Gasteiger partial charge in [-0.05, 0) is 35.1 Å². The van der Waals surface area contributed by atoms with Gasteiger partial charge in [0.25, 0.3) is 0 Å². The summed E-state index contributed by atoms with van der Waals surface area (Å²) in [5.74, 6) is 0. The Kier molecular flexibility index (Phi) is 2.70. The number of hydrogen-bond acceptors (Lipinski definition) is 3. The largest absolute Gasteiger partial charge is 0.297 e. The standard InChI is InChI=1S/C11H9NOS/c13-7-11-5-10(8-14-11)4-9-2-1-3-12-6-9/h1-3,5-8H,4H2. The van der Waals surface area contributed by atoms with E-state index in [1.807, 2.05) is 29.8 Å². The average Bonchev–Trinajstić information content (AvgIpc) is 2.67. The lowest BCUT2D eigenvalue weighted by Gasteiger charge is -1.95. The Hall–Kier alpha value is -1.48. The molecule has 0 amide bonds. The molecule has 0 saturated carbocycles. The van der Waals surface area contributed by atoms with Crippen molar-refractivity contribution >= 4 is 17.6 Å². The highest BCUT2D eigenvalue weighted by Crippen LogP contribution is 2.15. The van der Waals surface area contributed by atoms with Gasteiger partial charge in [-0.3, -0.25) is 9.78 Å². The number of aldehydes is 1. The highest BCUT2D eigenvalue weighted by Gasteiger charge is 1.99. The van der Waals surface area contributed by atoms with Crippen LogP contribution >= 0.6 is 11.3 Å². The van der Waals surface area contributed by atoms with Gasteiger partial charge in [0.2, 0.25) is 0 Å². The zero-order chi connectivity index (χ0) is 9.80. The van der Waals surface area contributed by atoms with E-state index in [2.05, 4.69) is 4.98 Å². The highest BCUT2D eigenvalue weighted by molar-refractivity contribution is 7.11. The fourth-order valence-corrected chi connectivity index (χ4v) is 2.00. The Bertz CT molecular complexity index is 422. The van der Waals surface area contributed by atoms with Crippen LogP contribution in [0.15, 0.2) is 36.0 Å². The molecular weight excluding hydrogens is 194 g/mol. The van der Waals surface area contributed by atoms with E-state index in [1.54, 1.807) is 6.20 Å². The van der Waals surface area contributed by atoms with Crippen LogP contribution < -0.4 is 0 Å². The summed E-state index contributed by atoms with van der Waals surface area (Å²) in [4.78, 5) is 15.3. The van der Waals surface area contributed by atoms with Gasteiger partial charge in [-0.25, -0.2) is 0 Å². The number of hydrogen-bond donors (Lipinski definition) is 0. The van der Waals surface area contributed by atoms with Crippen molar-refractivity contribution in [3.63, 3.8) is 0 Å². The monoisotopic (exact) mass is 203 g/mol. The predicted octanol–water partition coefficient (Wildman–Crippen LogP) is 2.55. The van der Waals surface area contributed by atoms with E-state index >= 15 is 0 Å². The van der Waals surface area contributed by atoms with Gasteiger partial charge in [-0.15, -0.1) is 11.3 Å². The lowest BCUT2D eigenvalue weighted by Crippen LogP contribution is -1.85. The summed E-state index contributed by atoms with van der Waals surface area (Å²) in [6.07, 6.45) is 5.34. The molecule has 0 spiro atoms. The van der Waals surface area contributed by atoms with E-state index in [4.69, 9.17) is 0 Å². The molecule has 2 aromatic rings. The van der Waals surface area contributed by atoms with Crippen molar-refractivity contribution in [2.24, 2.45) is 0 Å². The van der Waals surface area contributed by atoms with Crippen LogP contribution in [0.4, 0.5) is 0 Å². The topological polar surface area (TPSA) is 30.0 Å². The summed E-state index contributed by atoms with van der Waals surface area (Å²) in [6, 6.07) is 5.87. The minimum absolute atomic E-state index is 0.781. The molecule has 0 aliphatic rings. The summed E-state index contributed by atoms with van der Waals surface area (Å²) in [7, 11) is 0. The minimum atomic E-state index is 0.781. The summed E-state index contributed by atoms with van der Waals surface area (Å²) in [6.45, 7) is 0. The molecule has 14 heavy (non-hydrogen) atoms. The van der Waals surface area contributed by atoms with Gasteiger partial charge in [0.15, 0.2) is 6.29 Å². The molecule has 0 bridgehead atoms. The fraction of sp³-hybridized carbons (Fsp3) is 0.0909. The third kappa shape index (κ3) is 2.06. The Morgan fingerprint density at radius 2 is 2.36 bits per heavy atom. The van der Waals surface area contributed by atoms with E-state index in [0.717, 1.165) is 17.6 Å². The molecule has 2 aromatic heterocycles. The number of carbonyl (C=O) groups excluding carboxylic acids is 1. The van der Waals surface area contributed by atoms with E-state index in [9.17, 15) is 4.79 Å². The molecule has 0 unspecified atom stereocenters. The first-order chi connectivity index (χ1) is 6.88. The normalized spacial score (nSPS) is 10.0. The third-order valence-corrected chi connectivity index (χ3v) is 2.83. The van der Waals surface area contributed by atoms with Crippen LogP contribution in [0.1, 0.15) is 20.8 Å². The molecule has 2 nitrogen and oxygen atoms in total. The van der Waals surface area contributed by atoms with Crippen LogP contribution in [0.3, 0.4) is 0 Å². The van der Waals surface area contributed by atoms with Gasteiger partial charge in [0.1, 0.15) is 0 Å². The lowest BCUT2D eigenvalue weighted by atomic mass is 10.1. The molecule has 2 heterocycles. The van der Waals surface area contributed by atoms with Gasteiger partial charge in [-0.2, -0.15) is 0 Å². The Morgan fingerprint density at radius 1 is 1.43 bits per heavy atom. The second-order valence-corrected chi connectivity index (χ2v) is 3.96. The van der Waals surface area contributed by atoms with Crippen molar-refractivity contribution < 1.29 is 4.79 Å². The van der Waals surface area contributed by atoms with E-state index in [0.29, 0.717) is 0 Å². The quantitative estimate of drug-likeness (QED) is 0.717. The van der Waals surface area contributed by atoms with Crippen LogP contribution in [0.25, 0.3) is 0 Å². The van der Waals surface area contributed by atoms with Crippen LogP contribution in [0.2, 0.25) is 0 Å². The summed E-state index contributed by atoms with van der Waals surface area (Å²) in [5, 5.41) is 2.01. The Balaban J connectivity index is 2.15. The number of aromatic nitrogens is 1. The molecule has 0 N–H and O–H groups in total. The molecule has 70 valence electrons. The van der Waals surface area contributed by atoms with Crippen molar-refractivity contribution in [3.8, 4) is 0 Å². The maximum Gasteiger partial charge on any atom is 0.160 e. The smallest absolute Gasteiger partial charge is 0.160 e. The SMILES string of the molecule is O=Cc1cc(Cc2cccnc2)cs1. The Labute approximate surface area is 86.2 Å². The molecule has 2 rings (SSSR count). The van der Waals surface area contributed by atoms with E-state index in [-0.39, 0.29) is 0 Å². The molecule has 3 heteroatoms. The van der Waals surface area contributed by atoms with Crippen molar-refractivity contribution in [2.45, 2.75) is 6.42 Å². The number of nitrogens with zero attached hydrogens (tertiary/aromatic N) is 1. The summed E-state index contributed by atoms with van der Waals surface area (Å²) >= 11 is 1.48. The highest BCUT2D eigenvalue weighted by atomic mass is 32.1. The number of pyridine rings is 1.